The topological polar surface area (TPSA) is 62.8 Å². The summed E-state index contributed by atoms with van der Waals surface area (Å²) < 4.78 is 0. The standard InChI is InChI=1S/C16H22N4/c1-11-5-6-12(2)13(9-11)10-14-18-15(17)20-16(19-14)7-3-4-8-16/h5-6,9H,3-4,7-8,10H2,1-2H3,(H3,17,18,19,20). The zero-order valence-electron chi connectivity index (χ0n) is 12.2. The molecule has 1 aromatic rings. The zero-order valence-corrected chi connectivity index (χ0v) is 12.2. The molecule has 1 aliphatic carbocycles. The first-order valence-electron chi connectivity index (χ1n) is 7.34. The van der Waals surface area contributed by atoms with Gasteiger partial charge in [0, 0.05) is 6.42 Å². The number of guanidine groups is 1. The Morgan fingerprint density at radius 2 is 1.95 bits per heavy atom. The van der Waals surface area contributed by atoms with Crippen LogP contribution in [0.5, 0.6) is 0 Å². The minimum atomic E-state index is -0.275. The third kappa shape index (κ3) is 2.55. The van der Waals surface area contributed by atoms with Crippen molar-refractivity contribution in [3.8, 4) is 0 Å². The predicted molar refractivity (Wildman–Crippen MR) is 83.0 cm³/mol. The fourth-order valence-electron chi connectivity index (χ4n) is 3.12. The van der Waals surface area contributed by atoms with Crippen LogP contribution in [-0.2, 0) is 6.42 Å². The lowest BCUT2D eigenvalue weighted by molar-refractivity contribution is 0.456. The lowest BCUT2D eigenvalue weighted by Gasteiger charge is -2.27. The third-order valence-corrected chi connectivity index (χ3v) is 4.21. The number of rotatable bonds is 2. The van der Waals surface area contributed by atoms with Gasteiger partial charge in [-0.25, -0.2) is 9.98 Å². The van der Waals surface area contributed by atoms with Gasteiger partial charge in [-0.3, -0.25) is 0 Å². The number of aryl methyl sites for hydroxylation is 2. The molecule has 1 fully saturated rings. The second-order valence-electron chi connectivity index (χ2n) is 5.98. The number of aliphatic imine (C=N–C) groups is 2. The Morgan fingerprint density at radius 1 is 1.20 bits per heavy atom. The first-order chi connectivity index (χ1) is 9.56. The number of amidine groups is 1. The van der Waals surface area contributed by atoms with Crippen LogP contribution >= 0.6 is 0 Å². The van der Waals surface area contributed by atoms with Gasteiger partial charge in [0.1, 0.15) is 5.84 Å². The highest BCUT2D eigenvalue weighted by Crippen LogP contribution is 2.35. The first kappa shape index (κ1) is 13.2. The van der Waals surface area contributed by atoms with Gasteiger partial charge in [-0.2, -0.15) is 0 Å². The van der Waals surface area contributed by atoms with Crippen LogP contribution in [0.1, 0.15) is 42.4 Å². The molecule has 1 aromatic carbocycles. The van der Waals surface area contributed by atoms with E-state index in [1.165, 1.54) is 29.5 Å². The monoisotopic (exact) mass is 270 g/mol. The number of hydrogen-bond donors (Lipinski definition) is 2. The molecular formula is C16H22N4. The maximum Gasteiger partial charge on any atom is 0.196 e. The Kier molecular flexibility index (Phi) is 3.24. The number of benzene rings is 1. The smallest absolute Gasteiger partial charge is 0.196 e. The van der Waals surface area contributed by atoms with Gasteiger partial charge in [0.05, 0.1) is 0 Å². The van der Waals surface area contributed by atoms with Crippen molar-refractivity contribution in [1.29, 1.82) is 0 Å². The van der Waals surface area contributed by atoms with Gasteiger partial charge in [0.25, 0.3) is 0 Å². The third-order valence-electron chi connectivity index (χ3n) is 4.21. The number of nitrogens with two attached hydrogens (primary N) is 1. The van der Waals surface area contributed by atoms with E-state index in [0.29, 0.717) is 5.96 Å². The predicted octanol–water partition coefficient (Wildman–Crippen LogP) is 2.43. The normalized spacial score (nSPS) is 20.5. The van der Waals surface area contributed by atoms with E-state index in [1.54, 1.807) is 0 Å². The molecule has 0 unspecified atom stereocenters. The molecule has 3 N–H and O–H groups in total. The molecule has 20 heavy (non-hydrogen) atoms. The summed E-state index contributed by atoms with van der Waals surface area (Å²) in [6.07, 6.45) is 5.22. The summed E-state index contributed by atoms with van der Waals surface area (Å²) in [5.41, 5.74) is 9.56. The minimum Gasteiger partial charge on any atom is -0.370 e. The fourth-order valence-corrected chi connectivity index (χ4v) is 3.12. The lowest BCUT2D eigenvalue weighted by Crippen LogP contribution is -2.46. The van der Waals surface area contributed by atoms with Crippen LogP contribution in [0.3, 0.4) is 0 Å². The van der Waals surface area contributed by atoms with Gasteiger partial charge in [-0.05, 0) is 50.7 Å². The fraction of sp³-hybridized carbons (Fsp3) is 0.500. The molecule has 0 aromatic heterocycles. The molecule has 4 heteroatoms. The molecule has 1 aliphatic heterocycles. The Bertz CT molecular complexity index is 580. The Hall–Kier alpha value is -1.84. The van der Waals surface area contributed by atoms with Gasteiger partial charge < -0.3 is 11.1 Å². The summed E-state index contributed by atoms with van der Waals surface area (Å²) in [5.74, 6) is 1.47. The van der Waals surface area contributed by atoms with E-state index in [0.717, 1.165) is 25.1 Å². The first-order valence-corrected chi connectivity index (χ1v) is 7.34. The van der Waals surface area contributed by atoms with E-state index >= 15 is 0 Å². The van der Waals surface area contributed by atoms with Crippen LogP contribution in [0.2, 0.25) is 0 Å². The number of nitrogens with zero attached hydrogens (tertiary/aromatic N) is 2. The van der Waals surface area contributed by atoms with E-state index < -0.39 is 0 Å². The van der Waals surface area contributed by atoms with Gasteiger partial charge in [0.2, 0.25) is 0 Å². The summed E-state index contributed by atoms with van der Waals surface area (Å²) in [6, 6.07) is 6.53. The molecule has 1 heterocycles. The minimum absolute atomic E-state index is 0.275. The van der Waals surface area contributed by atoms with Gasteiger partial charge in [0.15, 0.2) is 11.6 Å². The van der Waals surface area contributed by atoms with Gasteiger partial charge in [-0.1, -0.05) is 23.8 Å². The molecule has 0 amide bonds. The van der Waals surface area contributed by atoms with Crippen LogP contribution in [0, 0.1) is 13.8 Å². The average molecular weight is 270 g/mol. The average Bonchev–Trinajstić information content (AvgIpc) is 2.80. The quantitative estimate of drug-likeness (QED) is 0.867. The van der Waals surface area contributed by atoms with Gasteiger partial charge >= 0.3 is 0 Å². The van der Waals surface area contributed by atoms with E-state index in [9.17, 15) is 0 Å². The molecule has 1 spiro atoms. The SMILES string of the molecule is Cc1ccc(C)c(CC2=NC3(CCCC3)N=C(N)N2)c1. The molecule has 0 radical (unpaired) electrons. The van der Waals surface area contributed by atoms with E-state index in [1.807, 2.05) is 0 Å². The largest absolute Gasteiger partial charge is 0.370 e. The molecular weight excluding hydrogens is 248 g/mol. The molecule has 1 saturated carbocycles. The number of nitrogens with one attached hydrogen (secondary N) is 1. The molecule has 4 nitrogen and oxygen atoms in total. The van der Waals surface area contributed by atoms with Crippen molar-refractivity contribution in [2.75, 3.05) is 0 Å². The van der Waals surface area contributed by atoms with E-state index in [4.69, 9.17) is 10.7 Å². The van der Waals surface area contributed by atoms with Crippen LogP contribution in [-0.4, -0.2) is 17.5 Å². The van der Waals surface area contributed by atoms with Crippen molar-refractivity contribution >= 4 is 11.8 Å². The molecule has 106 valence electrons. The molecule has 0 atom stereocenters. The maximum atomic E-state index is 5.96. The zero-order chi connectivity index (χ0) is 14.2. The van der Waals surface area contributed by atoms with Crippen molar-refractivity contribution in [3.63, 3.8) is 0 Å². The molecule has 2 aliphatic rings. The van der Waals surface area contributed by atoms with Crippen LogP contribution in [0.15, 0.2) is 28.2 Å². The summed E-state index contributed by atoms with van der Waals surface area (Å²) in [7, 11) is 0. The van der Waals surface area contributed by atoms with Crippen molar-refractivity contribution in [2.45, 2.75) is 51.6 Å². The Labute approximate surface area is 120 Å². The maximum absolute atomic E-state index is 5.96. The lowest BCUT2D eigenvalue weighted by atomic mass is 10.0. The highest BCUT2D eigenvalue weighted by molar-refractivity contribution is 6.01. The summed E-state index contributed by atoms with van der Waals surface area (Å²) in [6.45, 7) is 4.26. The highest BCUT2D eigenvalue weighted by atomic mass is 15.3. The van der Waals surface area contributed by atoms with Crippen molar-refractivity contribution in [3.05, 3.63) is 34.9 Å². The van der Waals surface area contributed by atoms with E-state index in [2.05, 4.69) is 42.4 Å². The second-order valence-corrected chi connectivity index (χ2v) is 5.98. The highest BCUT2D eigenvalue weighted by Gasteiger charge is 2.36. The van der Waals surface area contributed by atoms with Crippen molar-refractivity contribution in [1.82, 2.24) is 5.32 Å². The van der Waals surface area contributed by atoms with Crippen LogP contribution < -0.4 is 11.1 Å². The Morgan fingerprint density at radius 3 is 2.70 bits per heavy atom. The molecule has 3 rings (SSSR count). The van der Waals surface area contributed by atoms with Crippen molar-refractivity contribution in [2.24, 2.45) is 15.7 Å². The van der Waals surface area contributed by atoms with Crippen molar-refractivity contribution < 1.29 is 0 Å². The number of hydrogen-bond acceptors (Lipinski definition) is 4. The van der Waals surface area contributed by atoms with Crippen LogP contribution in [0.25, 0.3) is 0 Å². The molecule has 0 bridgehead atoms. The van der Waals surface area contributed by atoms with Gasteiger partial charge in [-0.15, -0.1) is 0 Å². The summed E-state index contributed by atoms with van der Waals surface area (Å²) in [4.78, 5) is 9.41. The van der Waals surface area contributed by atoms with E-state index in [-0.39, 0.29) is 5.66 Å². The Balaban J connectivity index is 1.87. The van der Waals surface area contributed by atoms with Crippen LogP contribution in [0.4, 0.5) is 0 Å². The molecule has 0 saturated heterocycles. The summed E-state index contributed by atoms with van der Waals surface area (Å²) >= 11 is 0. The second kappa shape index (κ2) is 4.93. The summed E-state index contributed by atoms with van der Waals surface area (Å²) in [5, 5.41) is 3.14.